The summed E-state index contributed by atoms with van der Waals surface area (Å²) in [6, 6.07) is 15.3. The second-order valence-corrected chi connectivity index (χ2v) is 6.74. The van der Waals surface area contributed by atoms with Crippen LogP contribution in [0.3, 0.4) is 0 Å². The molecule has 26 heavy (non-hydrogen) atoms. The predicted molar refractivity (Wildman–Crippen MR) is 105 cm³/mol. The van der Waals surface area contributed by atoms with Gasteiger partial charge in [0.25, 0.3) is 11.8 Å². The molecule has 0 saturated heterocycles. The number of nitrogens with one attached hydrogen (secondary N) is 1. The molecule has 4 nitrogen and oxygen atoms in total. The van der Waals surface area contributed by atoms with Crippen LogP contribution in [-0.2, 0) is 0 Å². The van der Waals surface area contributed by atoms with Gasteiger partial charge in [-0.25, -0.2) is 0 Å². The normalized spacial score (nSPS) is 12.7. The van der Waals surface area contributed by atoms with Crippen molar-refractivity contribution in [2.24, 2.45) is 0 Å². The Hall–Kier alpha value is -3.14. The van der Waals surface area contributed by atoms with Gasteiger partial charge in [-0.15, -0.1) is 0 Å². The van der Waals surface area contributed by atoms with Gasteiger partial charge in [-0.2, -0.15) is 0 Å². The molecule has 1 aliphatic heterocycles. The van der Waals surface area contributed by atoms with E-state index in [-0.39, 0.29) is 11.8 Å². The molecular formula is C22H20N2O2. The van der Waals surface area contributed by atoms with Crippen LogP contribution in [0.1, 0.15) is 38.8 Å². The van der Waals surface area contributed by atoms with Crippen LogP contribution in [0.25, 0.3) is 10.8 Å². The number of nitrogens with zero attached hydrogens (tertiary/aromatic N) is 1. The van der Waals surface area contributed by atoms with Crippen molar-refractivity contribution < 1.29 is 9.59 Å². The zero-order valence-electron chi connectivity index (χ0n) is 15.1. The molecule has 2 amide bonds. The summed E-state index contributed by atoms with van der Waals surface area (Å²) in [5, 5.41) is 4.82. The highest BCUT2D eigenvalue weighted by molar-refractivity contribution is 6.27. The van der Waals surface area contributed by atoms with E-state index < -0.39 is 0 Å². The molecule has 0 spiro atoms. The van der Waals surface area contributed by atoms with Crippen LogP contribution in [0.15, 0.2) is 48.5 Å². The summed E-state index contributed by atoms with van der Waals surface area (Å²) in [5.41, 5.74) is 5.08. The first-order chi connectivity index (χ1) is 12.5. The van der Waals surface area contributed by atoms with Gasteiger partial charge in [0.15, 0.2) is 0 Å². The van der Waals surface area contributed by atoms with E-state index in [1.807, 2.05) is 69.3 Å². The van der Waals surface area contributed by atoms with Crippen LogP contribution >= 0.6 is 0 Å². The van der Waals surface area contributed by atoms with Gasteiger partial charge in [0.1, 0.15) is 0 Å². The Bertz CT molecular complexity index is 1050. The SMILES string of the molecule is CCN1C(=O)c2cccc3c(NC(=O)c4cc(C)cc(C)c4)ccc1c23. The van der Waals surface area contributed by atoms with Crippen LogP contribution in [0, 0.1) is 13.8 Å². The minimum atomic E-state index is -0.144. The number of anilines is 2. The molecule has 130 valence electrons. The maximum absolute atomic E-state index is 12.7. The van der Waals surface area contributed by atoms with Crippen molar-refractivity contribution in [3.05, 3.63) is 70.8 Å². The highest BCUT2D eigenvalue weighted by Crippen LogP contribution is 2.40. The zero-order chi connectivity index (χ0) is 18.4. The molecule has 0 aliphatic carbocycles. The number of hydrogen-bond donors (Lipinski definition) is 1. The topological polar surface area (TPSA) is 49.4 Å². The number of amides is 2. The van der Waals surface area contributed by atoms with E-state index in [4.69, 9.17) is 0 Å². The molecular weight excluding hydrogens is 324 g/mol. The smallest absolute Gasteiger partial charge is 0.258 e. The Morgan fingerprint density at radius 2 is 1.77 bits per heavy atom. The molecule has 3 aromatic rings. The fourth-order valence-corrected chi connectivity index (χ4v) is 3.77. The summed E-state index contributed by atoms with van der Waals surface area (Å²) in [7, 11) is 0. The van der Waals surface area contributed by atoms with Gasteiger partial charge in [0, 0.05) is 34.1 Å². The maximum atomic E-state index is 12.7. The Balaban J connectivity index is 1.78. The second kappa shape index (κ2) is 5.99. The van der Waals surface area contributed by atoms with Gasteiger partial charge in [-0.1, -0.05) is 29.3 Å². The first kappa shape index (κ1) is 16.3. The number of aryl methyl sites for hydroxylation is 2. The summed E-state index contributed by atoms with van der Waals surface area (Å²) in [5.74, 6) is -0.125. The molecule has 0 atom stereocenters. The molecule has 0 fully saturated rings. The van der Waals surface area contributed by atoms with Crippen LogP contribution < -0.4 is 10.2 Å². The fraction of sp³-hybridized carbons (Fsp3) is 0.182. The van der Waals surface area contributed by atoms with Gasteiger partial charge < -0.3 is 10.2 Å². The van der Waals surface area contributed by atoms with Crippen molar-refractivity contribution in [3.63, 3.8) is 0 Å². The lowest BCUT2D eigenvalue weighted by molar-refractivity contribution is 0.0992. The average molecular weight is 344 g/mol. The quantitative estimate of drug-likeness (QED) is 0.749. The van der Waals surface area contributed by atoms with Crippen LogP contribution in [0.2, 0.25) is 0 Å². The fourth-order valence-electron chi connectivity index (χ4n) is 3.77. The van der Waals surface area contributed by atoms with E-state index in [2.05, 4.69) is 5.32 Å². The zero-order valence-corrected chi connectivity index (χ0v) is 15.1. The summed E-state index contributed by atoms with van der Waals surface area (Å²) >= 11 is 0. The van der Waals surface area contributed by atoms with E-state index in [1.54, 1.807) is 4.90 Å². The summed E-state index contributed by atoms with van der Waals surface area (Å²) in [6.07, 6.45) is 0. The summed E-state index contributed by atoms with van der Waals surface area (Å²) in [6.45, 7) is 6.55. The van der Waals surface area contributed by atoms with Gasteiger partial charge in [-0.05, 0) is 51.1 Å². The monoisotopic (exact) mass is 344 g/mol. The van der Waals surface area contributed by atoms with Crippen LogP contribution in [-0.4, -0.2) is 18.4 Å². The third kappa shape index (κ3) is 2.46. The Morgan fingerprint density at radius 1 is 1.04 bits per heavy atom. The molecule has 0 bridgehead atoms. The van der Waals surface area contributed by atoms with E-state index in [1.165, 1.54) is 0 Å². The summed E-state index contributed by atoms with van der Waals surface area (Å²) in [4.78, 5) is 27.1. The molecule has 1 aliphatic rings. The van der Waals surface area contributed by atoms with Gasteiger partial charge >= 0.3 is 0 Å². The Morgan fingerprint density at radius 3 is 2.46 bits per heavy atom. The first-order valence-corrected chi connectivity index (χ1v) is 8.77. The van der Waals surface area contributed by atoms with Crippen LogP contribution in [0.5, 0.6) is 0 Å². The summed E-state index contributed by atoms with van der Waals surface area (Å²) < 4.78 is 0. The number of carbonyl (C=O) groups is 2. The molecule has 3 aromatic carbocycles. The molecule has 0 saturated carbocycles. The van der Waals surface area contributed by atoms with Crippen molar-refractivity contribution in [3.8, 4) is 0 Å². The lowest BCUT2D eigenvalue weighted by atomic mass is 10.0. The molecule has 0 aromatic heterocycles. The lowest BCUT2D eigenvalue weighted by Crippen LogP contribution is -2.25. The van der Waals surface area contributed by atoms with Gasteiger partial charge in [0.05, 0.1) is 5.69 Å². The van der Waals surface area contributed by atoms with Crippen molar-refractivity contribution in [1.82, 2.24) is 0 Å². The van der Waals surface area contributed by atoms with Gasteiger partial charge in [0.2, 0.25) is 0 Å². The lowest BCUT2D eigenvalue weighted by Gasteiger charge is -2.15. The van der Waals surface area contributed by atoms with Gasteiger partial charge in [-0.3, -0.25) is 9.59 Å². The number of carbonyl (C=O) groups excluding carboxylic acids is 2. The minimum absolute atomic E-state index is 0.0193. The van der Waals surface area contributed by atoms with E-state index in [0.29, 0.717) is 17.7 Å². The largest absolute Gasteiger partial charge is 0.321 e. The van der Waals surface area contributed by atoms with Crippen molar-refractivity contribution >= 4 is 34.0 Å². The van der Waals surface area contributed by atoms with Crippen molar-refractivity contribution in [2.45, 2.75) is 20.8 Å². The maximum Gasteiger partial charge on any atom is 0.258 e. The number of rotatable bonds is 3. The standard InChI is InChI=1S/C22H20N2O2/c1-4-24-19-9-8-18(16-6-5-7-17(20(16)19)22(24)26)23-21(25)15-11-13(2)10-14(3)12-15/h5-12H,4H2,1-3H3,(H,23,25). The molecule has 0 unspecified atom stereocenters. The van der Waals surface area contributed by atoms with E-state index >= 15 is 0 Å². The van der Waals surface area contributed by atoms with Crippen molar-refractivity contribution in [1.29, 1.82) is 0 Å². The van der Waals surface area contributed by atoms with E-state index in [0.717, 1.165) is 33.3 Å². The van der Waals surface area contributed by atoms with E-state index in [9.17, 15) is 9.59 Å². The molecule has 0 radical (unpaired) electrons. The second-order valence-electron chi connectivity index (χ2n) is 6.74. The number of benzene rings is 3. The Kier molecular flexibility index (Phi) is 3.76. The molecule has 1 heterocycles. The predicted octanol–water partition coefficient (Wildman–Crippen LogP) is 4.69. The van der Waals surface area contributed by atoms with Crippen molar-refractivity contribution in [2.75, 3.05) is 16.8 Å². The third-order valence-electron chi connectivity index (χ3n) is 4.83. The highest BCUT2D eigenvalue weighted by atomic mass is 16.2. The Labute approximate surface area is 152 Å². The molecule has 4 heteroatoms. The van der Waals surface area contributed by atoms with Crippen LogP contribution in [0.4, 0.5) is 11.4 Å². The molecule has 4 rings (SSSR count). The number of hydrogen-bond acceptors (Lipinski definition) is 2. The first-order valence-electron chi connectivity index (χ1n) is 8.77. The third-order valence-corrected chi connectivity index (χ3v) is 4.83. The minimum Gasteiger partial charge on any atom is -0.321 e. The molecule has 1 N–H and O–H groups in total. The highest BCUT2D eigenvalue weighted by Gasteiger charge is 2.29. The average Bonchev–Trinajstić information content (AvgIpc) is 2.89.